The van der Waals surface area contributed by atoms with Gasteiger partial charge >= 0.3 is 11.5 Å². The van der Waals surface area contributed by atoms with E-state index in [1.54, 1.807) is 42.5 Å². The number of benzene rings is 2. The summed E-state index contributed by atoms with van der Waals surface area (Å²) in [6.45, 7) is 1.88. The van der Waals surface area contributed by atoms with Crippen molar-refractivity contribution in [2.75, 3.05) is 5.73 Å². The van der Waals surface area contributed by atoms with Crippen LogP contribution in [0, 0.1) is 10.4 Å². The lowest BCUT2D eigenvalue weighted by Gasteiger charge is -2.14. The van der Waals surface area contributed by atoms with Crippen LogP contribution in [0.25, 0.3) is 22.3 Å². The highest BCUT2D eigenvalue weighted by atomic mass is 35.5. The first-order valence-corrected chi connectivity index (χ1v) is 7.85. The van der Waals surface area contributed by atoms with E-state index in [1.807, 2.05) is 6.92 Å². The van der Waals surface area contributed by atoms with Crippen LogP contribution in [0.4, 0.5) is 5.82 Å². The summed E-state index contributed by atoms with van der Waals surface area (Å²) in [5.74, 6) is -0.167. The predicted octanol–water partition coefficient (Wildman–Crippen LogP) is 1.90. The zero-order chi connectivity index (χ0) is 17.4. The maximum Gasteiger partial charge on any atom is 0.351 e. The maximum absolute atomic E-state index is 12.9. The van der Waals surface area contributed by atoms with Crippen molar-refractivity contribution in [2.45, 2.75) is 19.4 Å². The topological polar surface area (TPSA) is 106 Å². The van der Waals surface area contributed by atoms with Crippen molar-refractivity contribution >= 4 is 28.5 Å². The molecule has 1 aromatic heterocycles. The number of nitrogens with zero attached hydrogens (tertiary/aromatic N) is 2. The van der Waals surface area contributed by atoms with Gasteiger partial charge in [0.1, 0.15) is 0 Å². The fourth-order valence-electron chi connectivity index (χ4n) is 2.75. The lowest BCUT2D eigenvalue weighted by molar-refractivity contribution is -0.609. The van der Waals surface area contributed by atoms with Gasteiger partial charge in [0.2, 0.25) is 5.52 Å². The van der Waals surface area contributed by atoms with Crippen molar-refractivity contribution in [3.8, 4) is 11.3 Å². The summed E-state index contributed by atoms with van der Waals surface area (Å²) < 4.78 is 1.24. The third-order valence-electron chi connectivity index (χ3n) is 3.80. The van der Waals surface area contributed by atoms with E-state index in [4.69, 9.17) is 23.1 Å². The average molecular weight is 345 g/mol. The van der Waals surface area contributed by atoms with Crippen molar-refractivity contribution in [3.05, 3.63) is 63.5 Å². The van der Waals surface area contributed by atoms with Crippen LogP contribution in [0.3, 0.4) is 0 Å². The predicted molar refractivity (Wildman–Crippen MR) is 94.1 cm³/mol. The number of nitrogens with two attached hydrogens (primary N) is 2. The van der Waals surface area contributed by atoms with Crippen molar-refractivity contribution in [1.82, 2.24) is 0 Å². The second-order valence-corrected chi connectivity index (χ2v) is 6.27. The summed E-state index contributed by atoms with van der Waals surface area (Å²) in [6.07, 6.45) is 0.603. The zero-order valence-electron chi connectivity index (χ0n) is 13.1. The van der Waals surface area contributed by atoms with Gasteiger partial charge < -0.3 is 16.1 Å². The molecule has 0 bridgehead atoms. The molecule has 0 spiro atoms. The number of nitrogen functional groups attached to an aromatic ring is 1. The molecule has 24 heavy (non-hydrogen) atoms. The zero-order valence-corrected chi connectivity index (χ0v) is 13.8. The second-order valence-electron chi connectivity index (χ2n) is 5.84. The van der Waals surface area contributed by atoms with Gasteiger partial charge in [-0.05, 0) is 43.2 Å². The van der Waals surface area contributed by atoms with Crippen molar-refractivity contribution in [2.24, 2.45) is 5.73 Å². The van der Waals surface area contributed by atoms with Crippen LogP contribution in [0.2, 0.25) is 5.02 Å². The first-order valence-electron chi connectivity index (χ1n) is 7.47. The third-order valence-corrected chi connectivity index (χ3v) is 4.03. The van der Waals surface area contributed by atoms with E-state index in [2.05, 4.69) is 0 Å². The molecule has 1 heterocycles. The normalized spacial score (nSPS) is 12.5. The molecule has 6 nitrogen and oxygen atoms in total. The maximum atomic E-state index is 12.9. The molecule has 3 aromatic rings. The lowest BCUT2D eigenvalue weighted by atomic mass is 10.1. The number of halogens is 1. The molecule has 2 aromatic carbocycles. The minimum absolute atomic E-state index is 0.0527. The van der Waals surface area contributed by atoms with E-state index in [0.29, 0.717) is 26.5 Å². The van der Waals surface area contributed by atoms with Gasteiger partial charge in [-0.2, -0.15) is 4.73 Å². The molecule has 124 valence electrons. The standard InChI is InChI=1S/C17H17ClN4O2/c1-10(19)7-11-5-6-14-15(8-11)21(23)16(17(20)22(14)24)12-3-2-4-13(18)9-12/h2-6,8-10H,7,19-20H2,1H3. The van der Waals surface area contributed by atoms with Crippen LogP contribution in [0.15, 0.2) is 42.5 Å². The van der Waals surface area contributed by atoms with Gasteiger partial charge in [0.05, 0.1) is 5.56 Å². The number of hydrogen-bond acceptors (Lipinski definition) is 4. The van der Waals surface area contributed by atoms with E-state index < -0.39 is 0 Å². The highest BCUT2D eigenvalue weighted by Crippen LogP contribution is 2.25. The lowest BCUT2D eigenvalue weighted by Crippen LogP contribution is -2.43. The minimum atomic E-state index is -0.167. The van der Waals surface area contributed by atoms with E-state index in [0.717, 1.165) is 5.56 Å². The van der Waals surface area contributed by atoms with Crippen molar-refractivity contribution in [1.29, 1.82) is 0 Å². The molecule has 4 N–H and O–H groups in total. The van der Waals surface area contributed by atoms with Crippen LogP contribution in [0.5, 0.6) is 0 Å². The van der Waals surface area contributed by atoms with Crippen LogP contribution in [0.1, 0.15) is 12.5 Å². The van der Waals surface area contributed by atoms with Gasteiger partial charge in [-0.1, -0.05) is 23.7 Å². The molecular weight excluding hydrogens is 328 g/mol. The fraction of sp³-hybridized carbons (Fsp3) is 0.176. The quantitative estimate of drug-likeness (QED) is 0.559. The second kappa shape index (κ2) is 6.14. The van der Waals surface area contributed by atoms with E-state index in [-0.39, 0.29) is 28.6 Å². The van der Waals surface area contributed by atoms with E-state index >= 15 is 0 Å². The van der Waals surface area contributed by atoms with Crippen LogP contribution in [-0.2, 0) is 6.42 Å². The van der Waals surface area contributed by atoms with E-state index in [9.17, 15) is 10.4 Å². The molecule has 0 aliphatic rings. The Labute approximate surface area is 144 Å². The Bertz CT molecular complexity index is 928. The molecule has 7 heteroatoms. The molecule has 1 unspecified atom stereocenters. The summed E-state index contributed by atoms with van der Waals surface area (Å²) in [5, 5.41) is 25.8. The first kappa shape index (κ1) is 16.3. The molecule has 3 rings (SSSR count). The Kier molecular flexibility index (Phi) is 4.17. The van der Waals surface area contributed by atoms with Crippen LogP contribution >= 0.6 is 11.6 Å². The van der Waals surface area contributed by atoms with E-state index in [1.165, 1.54) is 0 Å². The summed E-state index contributed by atoms with van der Waals surface area (Å²) in [4.78, 5) is 0. The Hall–Kier alpha value is -2.57. The largest absolute Gasteiger partial charge is 0.710 e. The Balaban J connectivity index is 2.30. The SMILES string of the molecule is CC(N)Cc1ccc2c(c1)[n+]([O-])c(-c1cccc(Cl)c1)c(N)[n+]2[O-]. The monoisotopic (exact) mass is 344 g/mol. The number of hydrogen-bond donors (Lipinski definition) is 2. The molecule has 0 radical (unpaired) electrons. The summed E-state index contributed by atoms with van der Waals surface area (Å²) in [5.41, 5.74) is 13.6. The molecule has 0 saturated heterocycles. The molecule has 0 fully saturated rings. The summed E-state index contributed by atoms with van der Waals surface area (Å²) in [7, 11) is 0. The van der Waals surface area contributed by atoms with Gasteiger partial charge in [-0.3, -0.25) is 5.73 Å². The van der Waals surface area contributed by atoms with Crippen LogP contribution in [-0.4, -0.2) is 6.04 Å². The third kappa shape index (κ3) is 2.81. The van der Waals surface area contributed by atoms with Gasteiger partial charge in [0, 0.05) is 17.1 Å². The summed E-state index contributed by atoms with van der Waals surface area (Å²) >= 11 is 5.99. The molecule has 0 amide bonds. The minimum Gasteiger partial charge on any atom is -0.710 e. The van der Waals surface area contributed by atoms with Gasteiger partial charge in [0.25, 0.3) is 5.52 Å². The molecule has 0 saturated carbocycles. The molecular formula is C17H17ClN4O2. The Morgan fingerprint density at radius 3 is 2.50 bits per heavy atom. The first-order chi connectivity index (χ1) is 11.4. The smallest absolute Gasteiger partial charge is 0.351 e. The highest BCUT2D eigenvalue weighted by Gasteiger charge is 2.26. The van der Waals surface area contributed by atoms with Crippen molar-refractivity contribution < 1.29 is 9.46 Å². The van der Waals surface area contributed by atoms with Gasteiger partial charge in [0.15, 0.2) is 0 Å². The molecule has 0 aliphatic heterocycles. The van der Waals surface area contributed by atoms with Crippen LogP contribution < -0.4 is 20.9 Å². The molecule has 1 atom stereocenters. The Morgan fingerprint density at radius 1 is 1.08 bits per heavy atom. The number of anilines is 1. The number of rotatable bonds is 3. The average Bonchev–Trinajstić information content (AvgIpc) is 2.52. The Morgan fingerprint density at radius 2 is 1.83 bits per heavy atom. The molecule has 0 aliphatic carbocycles. The van der Waals surface area contributed by atoms with Crippen molar-refractivity contribution in [3.63, 3.8) is 0 Å². The van der Waals surface area contributed by atoms with Gasteiger partial charge in [-0.15, -0.1) is 0 Å². The number of aromatic nitrogens is 2. The summed E-state index contributed by atoms with van der Waals surface area (Å²) in [6, 6.07) is 11.6. The number of fused-ring (bicyclic) bond motifs is 1. The fourth-order valence-corrected chi connectivity index (χ4v) is 2.94. The van der Waals surface area contributed by atoms with Gasteiger partial charge in [-0.25, -0.2) is 4.73 Å². The highest BCUT2D eigenvalue weighted by molar-refractivity contribution is 6.30.